The summed E-state index contributed by atoms with van der Waals surface area (Å²) in [5, 5.41) is 1.06. The Morgan fingerprint density at radius 1 is 1.27 bits per heavy atom. The summed E-state index contributed by atoms with van der Waals surface area (Å²) in [6.07, 6.45) is 0. The van der Waals surface area contributed by atoms with Crippen molar-refractivity contribution in [3.63, 3.8) is 0 Å². The van der Waals surface area contributed by atoms with Gasteiger partial charge in [-0.25, -0.2) is 0 Å². The minimum absolute atomic E-state index is 0.358. The SMILES string of the molecule is CCN(CC(C)(C)CBr)C(C)CN(C)C. The van der Waals surface area contributed by atoms with Gasteiger partial charge in [0.05, 0.1) is 0 Å². The Balaban J connectivity index is 4.23. The maximum Gasteiger partial charge on any atom is 0.0194 e. The fraction of sp³-hybridized carbons (Fsp3) is 1.00. The van der Waals surface area contributed by atoms with E-state index in [2.05, 4.69) is 67.5 Å². The fourth-order valence-corrected chi connectivity index (χ4v) is 1.99. The predicted molar refractivity (Wildman–Crippen MR) is 72.8 cm³/mol. The Labute approximate surface area is 104 Å². The first-order valence-corrected chi connectivity index (χ1v) is 6.89. The van der Waals surface area contributed by atoms with Crippen LogP contribution in [-0.4, -0.2) is 54.9 Å². The predicted octanol–water partition coefficient (Wildman–Crippen LogP) is 2.68. The van der Waals surface area contributed by atoms with Crippen molar-refractivity contribution in [3.8, 4) is 0 Å². The lowest BCUT2D eigenvalue weighted by molar-refractivity contribution is 0.135. The first-order valence-electron chi connectivity index (χ1n) is 5.77. The van der Waals surface area contributed by atoms with Crippen LogP contribution in [0.15, 0.2) is 0 Å². The Morgan fingerprint density at radius 2 is 1.80 bits per heavy atom. The first-order chi connectivity index (χ1) is 6.82. The lowest BCUT2D eigenvalue weighted by Gasteiger charge is -2.36. The van der Waals surface area contributed by atoms with Crippen LogP contribution in [0.2, 0.25) is 0 Å². The second-order valence-corrected chi connectivity index (χ2v) is 6.03. The summed E-state index contributed by atoms with van der Waals surface area (Å²) in [4.78, 5) is 4.82. The molecule has 0 heterocycles. The molecular weight excluding hydrogens is 252 g/mol. The van der Waals surface area contributed by atoms with Crippen molar-refractivity contribution >= 4 is 15.9 Å². The maximum absolute atomic E-state index is 3.59. The van der Waals surface area contributed by atoms with Crippen LogP contribution in [0.5, 0.6) is 0 Å². The van der Waals surface area contributed by atoms with Gasteiger partial charge in [0.2, 0.25) is 0 Å². The molecule has 0 saturated carbocycles. The van der Waals surface area contributed by atoms with Crippen molar-refractivity contribution < 1.29 is 0 Å². The lowest BCUT2D eigenvalue weighted by atomic mass is 9.95. The monoisotopic (exact) mass is 278 g/mol. The van der Waals surface area contributed by atoms with Crippen molar-refractivity contribution in [1.82, 2.24) is 9.80 Å². The molecule has 3 heteroatoms. The summed E-state index contributed by atoms with van der Waals surface area (Å²) in [5.74, 6) is 0. The number of hydrogen-bond donors (Lipinski definition) is 0. The van der Waals surface area contributed by atoms with E-state index >= 15 is 0 Å². The van der Waals surface area contributed by atoms with Crippen LogP contribution in [0, 0.1) is 5.41 Å². The molecule has 0 aliphatic carbocycles. The molecule has 0 aliphatic heterocycles. The van der Waals surface area contributed by atoms with Crippen molar-refractivity contribution in [2.24, 2.45) is 5.41 Å². The molecule has 1 unspecified atom stereocenters. The van der Waals surface area contributed by atoms with E-state index in [1.165, 1.54) is 0 Å². The molecule has 15 heavy (non-hydrogen) atoms. The molecule has 0 rings (SSSR count). The third kappa shape index (κ3) is 6.54. The zero-order chi connectivity index (χ0) is 12.1. The molecule has 0 radical (unpaired) electrons. The molecule has 0 amide bonds. The molecule has 0 aromatic rings. The fourth-order valence-electron chi connectivity index (χ4n) is 1.82. The standard InChI is InChI=1S/C12H27BrN2/c1-7-15(10-12(3,4)9-13)11(2)8-14(5)6/h11H,7-10H2,1-6H3. The molecule has 0 aromatic heterocycles. The van der Waals surface area contributed by atoms with Crippen LogP contribution in [-0.2, 0) is 0 Å². The topological polar surface area (TPSA) is 6.48 Å². The highest BCUT2D eigenvalue weighted by atomic mass is 79.9. The molecule has 0 aliphatic rings. The van der Waals surface area contributed by atoms with Crippen LogP contribution in [0.4, 0.5) is 0 Å². The van der Waals surface area contributed by atoms with Gasteiger partial charge in [0.15, 0.2) is 0 Å². The Bertz CT molecular complexity index is 169. The Morgan fingerprint density at radius 3 is 2.13 bits per heavy atom. The Hall–Kier alpha value is 0.400. The number of likely N-dealkylation sites (N-methyl/N-ethyl adjacent to an activating group) is 2. The molecule has 0 bridgehead atoms. The van der Waals surface area contributed by atoms with Crippen LogP contribution in [0.1, 0.15) is 27.7 Å². The van der Waals surface area contributed by atoms with Gasteiger partial charge in [0.1, 0.15) is 0 Å². The minimum Gasteiger partial charge on any atom is -0.308 e. The summed E-state index contributed by atoms with van der Waals surface area (Å²) in [5.41, 5.74) is 0.358. The number of halogens is 1. The highest BCUT2D eigenvalue weighted by Gasteiger charge is 2.22. The van der Waals surface area contributed by atoms with Gasteiger partial charge in [-0.15, -0.1) is 0 Å². The van der Waals surface area contributed by atoms with E-state index in [1.807, 2.05) is 0 Å². The van der Waals surface area contributed by atoms with E-state index in [4.69, 9.17) is 0 Å². The third-order valence-electron chi connectivity index (χ3n) is 2.65. The van der Waals surface area contributed by atoms with Crippen molar-refractivity contribution in [3.05, 3.63) is 0 Å². The third-order valence-corrected chi connectivity index (χ3v) is 4.17. The summed E-state index contributed by atoms with van der Waals surface area (Å²) in [6.45, 7) is 12.6. The van der Waals surface area contributed by atoms with Gasteiger partial charge in [-0.05, 0) is 33.0 Å². The van der Waals surface area contributed by atoms with Gasteiger partial charge in [0.25, 0.3) is 0 Å². The van der Waals surface area contributed by atoms with Gasteiger partial charge in [0, 0.05) is 24.5 Å². The average molecular weight is 279 g/mol. The minimum atomic E-state index is 0.358. The largest absolute Gasteiger partial charge is 0.308 e. The van der Waals surface area contributed by atoms with Crippen LogP contribution in [0.25, 0.3) is 0 Å². The van der Waals surface area contributed by atoms with Gasteiger partial charge < -0.3 is 4.90 Å². The first kappa shape index (κ1) is 15.4. The zero-order valence-corrected chi connectivity index (χ0v) is 12.8. The molecule has 0 spiro atoms. The molecule has 0 aromatic carbocycles. The second-order valence-electron chi connectivity index (χ2n) is 5.47. The number of rotatable bonds is 7. The van der Waals surface area contributed by atoms with E-state index in [0.717, 1.165) is 25.0 Å². The quantitative estimate of drug-likeness (QED) is 0.661. The van der Waals surface area contributed by atoms with Crippen molar-refractivity contribution in [1.29, 1.82) is 0 Å². The lowest BCUT2D eigenvalue weighted by Crippen LogP contribution is -2.44. The van der Waals surface area contributed by atoms with Crippen LogP contribution in [0.3, 0.4) is 0 Å². The molecule has 92 valence electrons. The molecule has 1 atom stereocenters. The van der Waals surface area contributed by atoms with Gasteiger partial charge in [-0.1, -0.05) is 36.7 Å². The van der Waals surface area contributed by atoms with Gasteiger partial charge in [-0.3, -0.25) is 4.90 Å². The van der Waals surface area contributed by atoms with Crippen molar-refractivity contribution in [2.45, 2.75) is 33.7 Å². The van der Waals surface area contributed by atoms with E-state index < -0.39 is 0 Å². The summed E-state index contributed by atoms with van der Waals surface area (Å²) in [7, 11) is 4.28. The second kappa shape index (κ2) is 6.87. The summed E-state index contributed by atoms with van der Waals surface area (Å²) >= 11 is 3.59. The zero-order valence-electron chi connectivity index (χ0n) is 11.2. The normalized spacial score (nSPS) is 15.0. The smallest absolute Gasteiger partial charge is 0.0194 e. The van der Waals surface area contributed by atoms with E-state index in [-0.39, 0.29) is 0 Å². The highest BCUT2D eigenvalue weighted by molar-refractivity contribution is 9.09. The summed E-state index contributed by atoms with van der Waals surface area (Å²) < 4.78 is 0. The van der Waals surface area contributed by atoms with Gasteiger partial charge >= 0.3 is 0 Å². The van der Waals surface area contributed by atoms with Gasteiger partial charge in [-0.2, -0.15) is 0 Å². The van der Waals surface area contributed by atoms with Crippen LogP contribution < -0.4 is 0 Å². The molecule has 0 N–H and O–H groups in total. The number of nitrogens with zero attached hydrogens (tertiary/aromatic N) is 2. The molecule has 0 fully saturated rings. The maximum atomic E-state index is 3.59. The van der Waals surface area contributed by atoms with E-state index in [0.29, 0.717) is 11.5 Å². The molecule has 2 nitrogen and oxygen atoms in total. The van der Waals surface area contributed by atoms with Crippen LogP contribution >= 0.6 is 15.9 Å². The number of hydrogen-bond acceptors (Lipinski definition) is 2. The number of alkyl halides is 1. The van der Waals surface area contributed by atoms with E-state index in [9.17, 15) is 0 Å². The average Bonchev–Trinajstić information content (AvgIpc) is 2.13. The van der Waals surface area contributed by atoms with Crippen molar-refractivity contribution in [2.75, 3.05) is 39.1 Å². The molecular formula is C12H27BrN2. The summed E-state index contributed by atoms with van der Waals surface area (Å²) in [6, 6.07) is 0.628. The van der Waals surface area contributed by atoms with E-state index in [1.54, 1.807) is 0 Å². The highest BCUT2D eigenvalue weighted by Crippen LogP contribution is 2.20. The molecule has 0 saturated heterocycles. The Kier molecular flexibility index (Phi) is 7.05.